The van der Waals surface area contributed by atoms with Gasteiger partial charge in [-0.05, 0) is 36.8 Å². The molecular formula is C24H34N6O5S. The van der Waals surface area contributed by atoms with Gasteiger partial charge in [0.05, 0.1) is 17.5 Å². The highest BCUT2D eigenvalue weighted by atomic mass is 32.2. The number of nitrogens with one attached hydrogen (secondary N) is 2. The molecule has 196 valence electrons. The molecule has 0 aliphatic rings. The number of aldehydes is 1. The molecule has 1 aromatic carbocycles. The Bertz CT molecular complexity index is 1240. The van der Waals surface area contributed by atoms with Gasteiger partial charge in [0.1, 0.15) is 12.0 Å². The van der Waals surface area contributed by atoms with E-state index in [1.165, 1.54) is 13.0 Å². The number of amides is 1. The van der Waals surface area contributed by atoms with E-state index in [2.05, 4.69) is 14.7 Å². The highest BCUT2D eigenvalue weighted by molar-refractivity contribution is 7.91. The fourth-order valence-corrected chi connectivity index (χ4v) is 4.98. The first-order chi connectivity index (χ1) is 16.9. The Morgan fingerprint density at radius 3 is 2.44 bits per heavy atom. The maximum atomic E-state index is 13.1. The highest BCUT2D eigenvalue weighted by Gasteiger charge is 2.28. The van der Waals surface area contributed by atoms with Crippen LogP contribution in [-0.2, 0) is 31.8 Å². The summed E-state index contributed by atoms with van der Waals surface area (Å²) in [6.07, 6.45) is 1.63. The minimum atomic E-state index is -4.03. The van der Waals surface area contributed by atoms with Crippen molar-refractivity contribution in [1.82, 2.24) is 4.98 Å². The van der Waals surface area contributed by atoms with E-state index in [0.717, 1.165) is 4.90 Å². The third-order valence-corrected chi connectivity index (χ3v) is 6.42. The van der Waals surface area contributed by atoms with E-state index in [1.807, 2.05) is 13.8 Å². The summed E-state index contributed by atoms with van der Waals surface area (Å²) in [6, 6.07) is 9.04. The van der Waals surface area contributed by atoms with Crippen LogP contribution in [0.4, 0.5) is 11.4 Å². The number of rotatable bonds is 13. The third kappa shape index (κ3) is 8.52. The molecule has 1 amide bonds. The van der Waals surface area contributed by atoms with E-state index in [-0.39, 0.29) is 42.0 Å². The van der Waals surface area contributed by atoms with Crippen LogP contribution in [0.25, 0.3) is 0 Å². The van der Waals surface area contributed by atoms with Crippen LogP contribution in [0.15, 0.2) is 46.2 Å². The smallest absolute Gasteiger partial charge is 0.274 e. The van der Waals surface area contributed by atoms with Crippen LogP contribution >= 0.6 is 0 Å². The Labute approximate surface area is 211 Å². The van der Waals surface area contributed by atoms with Gasteiger partial charge in [-0.15, -0.1) is 0 Å². The number of nitrogens with two attached hydrogens (primary N) is 2. The topological polar surface area (TPSA) is 181 Å². The number of carbonyl (C=O) groups is 2. The van der Waals surface area contributed by atoms with Gasteiger partial charge in [0.15, 0.2) is 5.96 Å². The average molecular weight is 519 g/mol. The number of aromatic nitrogens is 1. The van der Waals surface area contributed by atoms with Crippen LogP contribution in [-0.4, -0.2) is 44.1 Å². The van der Waals surface area contributed by atoms with Crippen molar-refractivity contribution in [2.45, 2.75) is 51.8 Å². The number of H-pyrrole nitrogens is 1. The lowest BCUT2D eigenvalue weighted by molar-refractivity contribution is -0.119. The maximum Gasteiger partial charge on any atom is 0.274 e. The number of pyridine rings is 1. The highest BCUT2D eigenvalue weighted by Crippen LogP contribution is 2.28. The van der Waals surface area contributed by atoms with Crippen molar-refractivity contribution in [3.63, 3.8) is 0 Å². The molecule has 1 aromatic heterocycles. The van der Waals surface area contributed by atoms with Gasteiger partial charge >= 0.3 is 0 Å². The fourth-order valence-electron chi connectivity index (χ4n) is 3.77. The van der Waals surface area contributed by atoms with Crippen LogP contribution < -0.4 is 26.6 Å². The summed E-state index contributed by atoms with van der Waals surface area (Å²) in [4.78, 5) is 45.6. The van der Waals surface area contributed by atoms with Crippen molar-refractivity contribution in [2.75, 3.05) is 16.2 Å². The van der Waals surface area contributed by atoms with Crippen LogP contribution in [0.2, 0.25) is 0 Å². The molecule has 0 radical (unpaired) electrons. The molecule has 0 aliphatic carbocycles. The summed E-state index contributed by atoms with van der Waals surface area (Å²) in [6.45, 7) is 5.39. The normalized spacial score (nSPS) is 12.1. The first-order valence-corrected chi connectivity index (χ1v) is 13.2. The van der Waals surface area contributed by atoms with E-state index in [4.69, 9.17) is 11.5 Å². The Morgan fingerprint density at radius 2 is 1.89 bits per heavy atom. The van der Waals surface area contributed by atoms with Crippen LogP contribution in [0.1, 0.15) is 44.9 Å². The number of nitrogens with zero attached hydrogens (tertiary/aromatic N) is 2. The maximum absolute atomic E-state index is 13.1. The molecule has 0 unspecified atom stereocenters. The monoisotopic (exact) mass is 518 g/mol. The SMILES string of the molecule is CC(=O)N(c1cc(CC(C)C)[nH]c(=O)c1NS(=O)(=O)Cc1ccccc1)[C@H](C=O)CCCN=C(N)N. The first kappa shape index (κ1) is 28.6. The lowest BCUT2D eigenvalue weighted by Crippen LogP contribution is -2.42. The number of benzene rings is 1. The van der Waals surface area contributed by atoms with E-state index < -0.39 is 27.5 Å². The van der Waals surface area contributed by atoms with Crippen molar-refractivity contribution >= 4 is 39.6 Å². The van der Waals surface area contributed by atoms with Crippen molar-refractivity contribution in [3.05, 3.63) is 58.0 Å². The van der Waals surface area contributed by atoms with Gasteiger partial charge in [-0.25, -0.2) is 8.42 Å². The molecule has 11 nitrogen and oxygen atoms in total. The largest absolute Gasteiger partial charge is 0.370 e. The second-order valence-corrected chi connectivity index (χ2v) is 10.6. The number of aliphatic imine (C=N–C) groups is 1. The summed E-state index contributed by atoms with van der Waals surface area (Å²) in [5.41, 5.74) is 10.7. The third-order valence-electron chi connectivity index (χ3n) is 5.19. The molecule has 2 rings (SSSR count). The number of sulfonamides is 1. The number of hydrogen-bond acceptors (Lipinski definition) is 6. The lowest BCUT2D eigenvalue weighted by atomic mass is 10.1. The summed E-state index contributed by atoms with van der Waals surface area (Å²) < 4.78 is 28.3. The molecule has 0 spiro atoms. The molecule has 6 N–H and O–H groups in total. The van der Waals surface area contributed by atoms with Crippen LogP contribution in [0, 0.1) is 5.92 Å². The number of hydrogen-bond donors (Lipinski definition) is 4. The van der Waals surface area contributed by atoms with E-state index in [9.17, 15) is 22.8 Å². The molecule has 36 heavy (non-hydrogen) atoms. The zero-order chi connectivity index (χ0) is 26.9. The average Bonchev–Trinajstić information content (AvgIpc) is 2.77. The summed E-state index contributed by atoms with van der Waals surface area (Å²) >= 11 is 0. The van der Waals surface area contributed by atoms with Crippen LogP contribution in [0.3, 0.4) is 0 Å². The Morgan fingerprint density at radius 1 is 1.22 bits per heavy atom. The van der Waals surface area contributed by atoms with E-state index >= 15 is 0 Å². The minimum Gasteiger partial charge on any atom is -0.370 e. The zero-order valence-electron chi connectivity index (χ0n) is 20.7. The van der Waals surface area contributed by atoms with Gasteiger partial charge in [-0.1, -0.05) is 44.2 Å². The van der Waals surface area contributed by atoms with Crippen molar-refractivity contribution in [1.29, 1.82) is 0 Å². The van der Waals surface area contributed by atoms with Gasteiger partial charge < -0.3 is 26.1 Å². The van der Waals surface area contributed by atoms with Gasteiger partial charge in [0.2, 0.25) is 15.9 Å². The van der Waals surface area contributed by atoms with E-state index in [0.29, 0.717) is 30.4 Å². The van der Waals surface area contributed by atoms with Crippen LogP contribution in [0.5, 0.6) is 0 Å². The molecule has 0 fully saturated rings. The molecule has 0 saturated carbocycles. The standard InChI is InChI=1S/C24H34N6O5S/c1-16(2)12-19-13-21(30(17(3)32)20(14-31)10-7-11-27-24(25)26)22(23(33)28-19)29-36(34,35)15-18-8-5-4-6-9-18/h4-6,8-9,13-14,16,20,29H,7,10-12,15H2,1-3H3,(H,28,33)(H4,25,26,27)/t20-/m0/s1. The zero-order valence-corrected chi connectivity index (χ0v) is 21.5. The van der Waals surface area contributed by atoms with Gasteiger partial charge in [0.25, 0.3) is 5.56 Å². The van der Waals surface area contributed by atoms with Crippen molar-refractivity contribution < 1.29 is 18.0 Å². The minimum absolute atomic E-state index is 0.0116. The van der Waals surface area contributed by atoms with Crippen molar-refractivity contribution in [2.24, 2.45) is 22.4 Å². The number of guanidine groups is 1. The predicted molar refractivity (Wildman–Crippen MR) is 141 cm³/mol. The van der Waals surface area contributed by atoms with E-state index in [1.54, 1.807) is 30.3 Å². The summed E-state index contributed by atoms with van der Waals surface area (Å²) in [5.74, 6) is -0.833. The quantitative estimate of drug-likeness (QED) is 0.134. The number of aromatic amines is 1. The molecule has 0 bridgehead atoms. The van der Waals surface area contributed by atoms with Gasteiger partial charge in [-0.2, -0.15) is 0 Å². The molecule has 2 aromatic rings. The molecule has 0 saturated heterocycles. The lowest BCUT2D eigenvalue weighted by Gasteiger charge is -2.29. The van der Waals surface area contributed by atoms with Crippen molar-refractivity contribution in [3.8, 4) is 0 Å². The molecule has 1 heterocycles. The molecule has 12 heteroatoms. The summed E-state index contributed by atoms with van der Waals surface area (Å²) in [7, 11) is -4.03. The second-order valence-electron chi connectivity index (χ2n) is 8.87. The number of carbonyl (C=O) groups excluding carboxylic acids is 2. The Hall–Kier alpha value is -3.67. The predicted octanol–water partition coefficient (Wildman–Crippen LogP) is 1.49. The fraction of sp³-hybridized carbons (Fsp3) is 0.417. The molecular weight excluding hydrogens is 484 g/mol. The molecule has 0 aliphatic heterocycles. The summed E-state index contributed by atoms with van der Waals surface area (Å²) in [5, 5.41) is 0. The Balaban J connectivity index is 2.54. The molecule has 1 atom stereocenters. The van der Waals surface area contributed by atoms with Gasteiger partial charge in [-0.3, -0.25) is 19.3 Å². The Kier molecular flexibility index (Phi) is 10.2. The second kappa shape index (κ2) is 12.9. The van der Waals surface area contributed by atoms with Gasteiger partial charge in [0, 0.05) is 19.2 Å². The first-order valence-electron chi connectivity index (χ1n) is 11.5. The number of anilines is 2.